The number of benzene rings is 1. The minimum absolute atomic E-state index is 0.110. The lowest BCUT2D eigenvalue weighted by atomic mass is 10.0. The number of aromatic nitrogens is 1. The summed E-state index contributed by atoms with van der Waals surface area (Å²) in [6.07, 6.45) is 1.32. The average molecular weight is 491 g/mol. The normalized spacial score (nSPS) is 17.1. The van der Waals surface area contributed by atoms with Crippen LogP contribution in [0.2, 0.25) is 0 Å². The minimum Gasteiger partial charge on any atom is -0.497 e. The number of ether oxygens (including phenoxy) is 4. The SMILES string of the molecule is COCCN(Cc1nc(C(=O)N2CCC3(CC2)OCCO3)cs1)C(=O)Nc1ccc(OC)cc1. The Balaban J connectivity index is 1.36. The number of carbonyl (C=O) groups is 2. The van der Waals surface area contributed by atoms with Crippen LogP contribution in [0.4, 0.5) is 10.5 Å². The summed E-state index contributed by atoms with van der Waals surface area (Å²) < 4.78 is 21.8. The van der Waals surface area contributed by atoms with E-state index in [0.29, 0.717) is 74.4 Å². The number of carbonyl (C=O) groups excluding carboxylic acids is 2. The van der Waals surface area contributed by atoms with Gasteiger partial charge in [0.25, 0.3) is 5.91 Å². The van der Waals surface area contributed by atoms with E-state index in [-0.39, 0.29) is 18.5 Å². The van der Waals surface area contributed by atoms with E-state index in [1.165, 1.54) is 11.3 Å². The first-order valence-electron chi connectivity index (χ1n) is 11.2. The molecule has 11 heteroatoms. The number of likely N-dealkylation sites (tertiary alicyclic amines) is 1. The van der Waals surface area contributed by atoms with E-state index in [4.69, 9.17) is 18.9 Å². The molecule has 3 heterocycles. The molecule has 2 saturated heterocycles. The molecule has 1 aromatic heterocycles. The predicted octanol–water partition coefficient (Wildman–Crippen LogP) is 2.81. The van der Waals surface area contributed by atoms with E-state index >= 15 is 0 Å². The van der Waals surface area contributed by atoms with Gasteiger partial charge in [-0.25, -0.2) is 9.78 Å². The molecule has 3 amide bonds. The largest absolute Gasteiger partial charge is 0.497 e. The van der Waals surface area contributed by atoms with Gasteiger partial charge in [0, 0.05) is 50.7 Å². The van der Waals surface area contributed by atoms with Gasteiger partial charge in [0.05, 0.1) is 33.5 Å². The summed E-state index contributed by atoms with van der Waals surface area (Å²) in [7, 11) is 3.18. The zero-order valence-electron chi connectivity index (χ0n) is 19.5. The molecule has 0 saturated carbocycles. The van der Waals surface area contributed by atoms with Crippen LogP contribution >= 0.6 is 11.3 Å². The molecule has 2 aliphatic heterocycles. The van der Waals surface area contributed by atoms with Crippen molar-refractivity contribution in [2.45, 2.75) is 25.2 Å². The van der Waals surface area contributed by atoms with E-state index in [1.54, 1.807) is 53.7 Å². The molecule has 0 radical (unpaired) electrons. The molecule has 184 valence electrons. The molecule has 1 N–H and O–H groups in total. The summed E-state index contributed by atoms with van der Waals surface area (Å²) in [6.45, 7) is 3.38. The first-order chi connectivity index (χ1) is 16.5. The molecule has 0 bridgehead atoms. The molecule has 1 aromatic carbocycles. The third kappa shape index (κ3) is 5.84. The minimum atomic E-state index is -0.525. The number of anilines is 1. The van der Waals surface area contributed by atoms with Crippen LogP contribution in [0.3, 0.4) is 0 Å². The van der Waals surface area contributed by atoms with Crippen molar-refractivity contribution < 1.29 is 28.5 Å². The van der Waals surface area contributed by atoms with Gasteiger partial charge in [-0.2, -0.15) is 0 Å². The first kappa shape index (κ1) is 24.4. The van der Waals surface area contributed by atoms with Crippen molar-refractivity contribution in [2.24, 2.45) is 0 Å². The van der Waals surface area contributed by atoms with Gasteiger partial charge in [0.2, 0.25) is 0 Å². The summed E-state index contributed by atoms with van der Waals surface area (Å²) in [5.41, 5.74) is 1.05. The molecule has 0 unspecified atom stereocenters. The van der Waals surface area contributed by atoms with E-state index in [2.05, 4.69) is 10.3 Å². The van der Waals surface area contributed by atoms with Gasteiger partial charge < -0.3 is 34.1 Å². The Labute approximate surface area is 202 Å². The summed E-state index contributed by atoms with van der Waals surface area (Å²) in [5, 5.41) is 5.31. The molecular formula is C23H30N4O6S. The molecule has 10 nitrogen and oxygen atoms in total. The van der Waals surface area contributed by atoms with Gasteiger partial charge in [-0.3, -0.25) is 4.79 Å². The number of amides is 3. The van der Waals surface area contributed by atoms with Crippen molar-refractivity contribution in [1.29, 1.82) is 0 Å². The van der Waals surface area contributed by atoms with Crippen LogP contribution < -0.4 is 10.1 Å². The van der Waals surface area contributed by atoms with E-state index in [9.17, 15) is 9.59 Å². The number of urea groups is 1. The van der Waals surface area contributed by atoms with Crippen molar-refractivity contribution in [3.05, 3.63) is 40.3 Å². The highest BCUT2D eigenvalue weighted by molar-refractivity contribution is 7.09. The summed E-state index contributed by atoms with van der Waals surface area (Å²) >= 11 is 1.36. The summed E-state index contributed by atoms with van der Waals surface area (Å²) in [6, 6.07) is 6.83. The third-order valence-electron chi connectivity index (χ3n) is 5.92. The number of methoxy groups -OCH3 is 2. The van der Waals surface area contributed by atoms with Gasteiger partial charge in [-0.15, -0.1) is 11.3 Å². The fourth-order valence-electron chi connectivity index (χ4n) is 3.97. The molecular weight excluding hydrogens is 460 g/mol. The lowest BCUT2D eigenvalue weighted by molar-refractivity contribution is -0.181. The Morgan fingerprint density at radius 1 is 1.18 bits per heavy atom. The number of rotatable bonds is 8. The van der Waals surface area contributed by atoms with Crippen molar-refractivity contribution >= 4 is 29.0 Å². The highest BCUT2D eigenvalue weighted by Crippen LogP contribution is 2.31. The van der Waals surface area contributed by atoms with E-state index < -0.39 is 5.79 Å². The molecule has 1 spiro atoms. The first-order valence-corrected chi connectivity index (χ1v) is 12.1. The highest BCUT2D eigenvalue weighted by atomic mass is 32.1. The van der Waals surface area contributed by atoms with Gasteiger partial charge in [-0.1, -0.05) is 0 Å². The zero-order chi connectivity index (χ0) is 24.0. The maximum atomic E-state index is 13.0. The number of nitrogens with zero attached hydrogens (tertiary/aromatic N) is 3. The second-order valence-corrected chi connectivity index (χ2v) is 9.04. The van der Waals surface area contributed by atoms with Crippen LogP contribution in [0.15, 0.2) is 29.6 Å². The molecule has 2 fully saturated rings. The van der Waals surface area contributed by atoms with Crippen LogP contribution in [0, 0.1) is 0 Å². The van der Waals surface area contributed by atoms with Crippen molar-refractivity contribution in [1.82, 2.24) is 14.8 Å². The maximum absolute atomic E-state index is 13.0. The van der Waals surface area contributed by atoms with Crippen molar-refractivity contribution in [3.63, 3.8) is 0 Å². The predicted molar refractivity (Wildman–Crippen MR) is 126 cm³/mol. The number of hydrogen-bond donors (Lipinski definition) is 1. The van der Waals surface area contributed by atoms with E-state index in [1.807, 2.05) is 0 Å². The zero-order valence-corrected chi connectivity index (χ0v) is 20.3. The lowest BCUT2D eigenvalue weighted by Crippen LogP contribution is -2.47. The van der Waals surface area contributed by atoms with Gasteiger partial charge in [0.1, 0.15) is 16.5 Å². The molecule has 2 aromatic rings. The molecule has 0 aliphatic carbocycles. The number of nitrogens with one attached hydrogen (secondary N) is 1. The fourth-order valence-corrected chi connectivity index (χ4v) is 4.76. The van der Waals surface area contributed by atoms with E-state index in [0.717, 1.165) is 0 Å². The van der Waals surface area contributed by atoms with Crippen molar-refractivity contribution in [2.75, 3.05) is 59.0 Å². The number of hydrogen-bond acceptors (Lipinski definition) is 8. The Hall–Kier alpha value is -2.73. The van der Waals surface area contributed by atoms with Crippen molar-refractivity contribution in [3.8, 4) is 5.75 Å². The fraction of sp³-hybridized carbons (Fsp3) is 0.522. The maximum Gasteiger partial charge on any atom is 0.322 e. The van der Waals surface area contributed by atoms with Crippen LogP contribution in [0.5, 0.6) is 5.75 Å². The van der Waals surface area contributed by atoms with Crippen LogP contribution in [-0.2, 0) is 20.8 Å². The van der Waals surface area contributed by atoms with Crippen LogP contribution in [0.1, 0.15) is 28.3 Å². The topological polar surface area (TPSA) is 102 Å². The monoisotopic (exact) mass is 490 g/mol. The standard InChI is InChI=1S/C23H30N4O6S/c1-30-12-11-27(22(29)24-17-3-5-18(31-2)6-4-17)15-20-25-19(16-34-20)21(28)26-9-7-23(8-10-26)32-13-14-33-23/h3-6,16H,7-15H2,1-2H3,(H,24,29). The molecule has 0 atom stereocenters. The van der Waals surface area contributed by atoms with Crippen LogP contribution in [-0.4, -0.2) is 86.2 Å². The number of thiazole rings is 1. The Bertz CT molecular complexity index is 966. The lowest BCUT2D eigenvalue weighted by Gasteiger charge is -2.37. The average Bonchev–Trinajstić information content (AvgIpc) is 3.52. The second kappa shape index (κ2) is 11.1. The van der Waals surface area contributed by atoms with Gasteiger partial charge in [-0.05, 0) is 24.3 Å². The Morgan fingerprint density at radius 3 is 2.53 bits per heavy atom. The highest BCUT2D eigenvalue weighted by Gasteiger charge is 2.41. The van der Waals surface area contributed by atoms with Gasteiger partial charge >= 0.3 is 6.03 Å². The van der Waals surface area contributed by atoms with Gasteiger partial charge in [0.15, 0.2) is 5.79 Å². The quantitative estimate of drug-likeness (QED) is 0.607. The summed E-state index contributed by atoms with van der Waals surface area (Å²) in [5.74, 6) is 0.0752. The second-order valence-electron chi connectivity index (χ2n) is 8.10. The molecule has 4 rings (SSSR count). The Kier molecular flexibility index (Phi) is 7.99. The smallest absolute Gasteiger partial charge is 0.322 e. The Morgan fingerprint density at radius 2 is 1.88 bits per heavy atom. The molecule has 2 aliphatic rings. The summed E-state index contributed by atoms with van der Waals surface area (Å²) in [4.78, 5) is 33.8. The molecule has 34 heavy (non-hydrogen) atoms. The third-order valence-corrected chi connectivity index (χ3v) is 6.75. The number of piperidine rings is 1. The van der Waals surface area contributed by atoms with Crippen LogP contribution in [0.25, 0.3) is 0 Å².